The first-order valence-corrected chi connectivity index (χ1v) is 7.19. The fourth-order valence-corrected chi connectivity index (χ4v) is 2.19. The Kier molecular flexibility index (Phi) is 5.98. The largest absolute Gasteiger partial charge is 0.457 e. The minimum Gasteiger partial charge on any atom is -0.457 e. The molecular formula is C18H20O3. The SMILES string of the molecule is O=C(CCc1ccccc1)O[C@H](CCO)c1ccccc1. The topological polar surface area (TPSA) is 46.5 Å². The molecule has 1 atom stereocenters. The Hall–Kier alpha value is -2.13. The van der Waals surface area contributed by atoms with E-state index in [-0.39, 0.29) is 18.7 Å². The zero-order valence-electron chi connectivity index (χ0n) is 11.9. The average Bonchev–Trinajstić information content (AvgIpc) is 2.54. The van der Waals surface area contributed by atoms with E-state index in [9.17, 15) is 4.79 Å². The predicted molar refractivity (Wildman–Crippen MR) is 81.7 cm³/mol. The first-order valence-electron chi connectivity index (χ1n) is 7.19. The maximum absolute atomic E-state index is 12.0. The highest BCUT2D eigenvalue weighted by Crippen LogP contribution is 2.21. The Morgan fingerprint density at radius 2 is 1.62 bits per heavy atom. The summed E-state index contributed by atoms with van der Waals surface area (Å²) in [5, 5.41) is 9.13. The smallest absolute Gasteiger partial charge is 0.306 e. The van der Waals surface area contributed by atoms with Gasteiger partial charge in [0.1, 0.15) is 6.10 Å². The Morgan fingerprint density at radius 3 is 2.24 bits per heavy atom. The molecule has 2 rings (SSSR count). The van der Waals surface area contributed by atoms with Crippen LogP contribution in [0.4, 0.5) is 0 Å². The van der Waals surface area contributed by atoms with Crippen LogP contribution in [0.1, 0.15) is 30.1 Å². The van der Waals surface area contributed by atoms with Gasteiger partial charge in [-0.2, -0.15) is 0 Å². The molecule has 0 aliphatic rings. The number of aryl methyl sites for hydroxylation is 1. The molecule has 21 heavy (non-hydrogen) atoms. The fraction of sp³-hybridized carbons (Fsp3) is 0.278. The van der Waals surface area contributed by atoms with Crippen LogP contribution in [0.3, 0.4) is 0 Å². The van der Waals surface area contributed by atoms with Crippen LogP contribution in [-0.4, -0.2) is 17.7 Å². The summed E-state index contributed by atoms with van der Waals surface area (Å²) in [6.45, 7) is -0.00841. The van der Waals surface area contributed by atoms with Crippen LogP contribution in [0.2, 0.25) is 0 Å². The molecular weight excluding hydrogens is 264 g/mol. The van der Waals surface area contributed by atoms with Gasteiger partial charge in [0, 0.05) is 19.4 Å². The van der Waals surface area contributed by atoms with Crippen molar-refractivity contribution in [2.45, 2.75) is 25.4 Å². The highest BCUT2D eigenvalue weighted by molar-refractivity contribution is 5.70. The van der Waals surface area contributed by atoms with Crippen LogP contribution >= 0.6 is 0 Å². The molecule has 0 aromatic heterocycles. The van der Waals surface area contributed by atoms with Crippen LogP contribution in [0, 0.1) is 0 Å². The van der Waals surface area contributed by atoms with E-state index < -0.39 is 0 Å². The summed E-state index contributed by atoms with van der Waals surface area (Å²) >= 11 is 0. The molecule has 0 saturated heterocycles. The number of hydrogen-bond donors (Lipinski definition) is 1. The lowest BCUT2D eigenvalue weighted by Crippen LogP contribution is -2.13. The maximum atomic E-state index is 12.0. The van der Waals surface area contributed by atoms with Gasteiger partial charge < -0.3 is 9.84 Å². The van der Waals surface area contributed by atoms with Gasteiger partial charge in [0.15, 0.2) is 0 Å². The lowest BCUT2D eigenvalue weighted by atomic mass is 10.1. The minimum atomic E-state index is -0.375. The second-order valence-corrected chi connectivity index (χ2v) is 4.89. The molecule has 0 amide bonds. The van der Waals surface area contributed by atoms with Gasteiger partial charge in [-0.3, -0.25) is 4.79 Å². The zero-order valence-corrected chi connectivity index (χ0v) is 11.9. The molecule has 0 heterocycles. The molecule has 0 aliphatic carbocycles. The van der Waals surface area contributed by atoms with Gasteiger partial charge in [-0.1, -0.05) is 60.7 Å². The number of carbonyl (C=O) groups excluding carboxylic acids is 1. The summed E-state index contributed by atoms with van der Waals surface area (Å²) in [4.78, 5) is 12.0. The Bertz CT molecular complexity index is 537. The van der Waals surface area contributed by atoms with Crippen molar-refractivity contribution < 1.29 is 14.6 Å². The standard InChI is InChI=1S/C18H20O3/c19-14-13-17(16-9-5-2-6-10-16)21-18(20)12-11-15-7-3-1-4-8-15/h1-10,17,19H,11-14H2/t17-/m1/s1. The van der Waals surface area contributed by atoms with E-state index in [1.807, 2.05) is 60.7 Å². The summed E-state index contributed by atoms with van der Waals surface area (Å²) in [7, 11) is 0. The van der Waals surface area contributed by atoms with E-state index in [0.29, 0.717) is 19.3 Å². The molecule has 110 valence electrons. The molecule has 3 nitrogen and oxygen atoms in total. The molecule has 1 N–H and O–H groups in total. The molecule has 0 fully saturated rings. The quantitative estimate of drug-likeness (QED) is 0.794. The summed E-state index contributed by atoms with van der Waals surface area (Å²) in [5.74, 6) is -0.235. The van der Waals surface area contributed by atoms with Gasteiger partial charge >= 0.3 is 5.97 Å². The Labute approximate surface area is 125 Å². The van der Waals surface area contributed by atoms with Crippen molar-refractivity contribution in [3.63, 3.8) is 0 Å². The normalized spacial score (nSPS) is 11.9. The summed E-state index contributed by atoms with van der Waals surface area (Å²) in [6.07, 6.45) is 1.06. The number of aliphatic hydroxyl groups excluding tert-OH is 1. The van der Waals surface area contributed by atoms with E-state index in [2.05, 4.69) is 0 Å². The molecule has 2 aromatic rings. The molecule has 3 heteroatoms. The fourth-order valence-electron chi connectivity index (χ4n) is 2.19. The van der Waals surface area contributed by atoms with Crippen molar-refractivity contribution in [1.29, 1.82) is 0 Å². The van der Waals surface area contributed by atoms with Gasteiger partial charge in [-0.25, -0.2) is 0 Å². The maximum Gasteiger partial charge on any atom is 0.306 e. The molecule has 0 radical (unpaired) electrons. The van der Waals surface area contributed by atoms with Crippen molar-refractivity contribution in [3.8, 4) is 0 Å². The lowest BCUT2D eigenvalue weighted by Gasteiger charge is -2.17. The summed E-state index contributed by atoms with van der Waals surface area (Å²) < 4.78 is 5.50. The highest BCUT2D eigenvalue weighted by Gasteiger charge is 2.15. The molecule has 0 aliphatic heterocycles. The third-order valence-electron chi connectivity index (χ3n) is 3.30. The zero-order chi connectivity index (χ0) is 14.9. The second-order valence-electron chi connectivity index (χ2n) is 4.89. The Balaban J connectivity index is 1.89. The first-order chi connectivity index (χ1) is 10.3. The van der Waals surface area contributed by atoms with E-state index in [1.165, 1.54) is 0 Å². The number of hydrogen-bond acceptors (Lipinski definition) is 3. The number of rotatable bonds is 7. The summed E-state index contributed by atoms with van der Waals surface area (Å²) in [5.41, 5.74) is 2.03. The average molecular weight is 284 g/mol. The molecule has 0 saturated carbocycles. The predicted octanol–water partition coefficient (Wildman–Crippen LogP) is 3.29. The van der Waals surface area contributed by atoms with E-state index in [4.69, 9.17) is 9.84 Å². The Morgan fingerprint density at radius 1 is 1.00 bits per heavy atom. The van der Waals surface area contributed by atoms with E-state index >= 15 is 0 Å². The van der Waals surface area contributed by atoms with E-state index in [0.717, 1.165) is 11.1 Å². The van der Waals surface area contributed by atoms with Crippen molar-refractivity contribution in [2.24, 2.45) is 0 Å². The number of ether oxygens (including phenoxy) is 1. The van der Waals surface area contributed by atoms with Crippen LogP contribution in [0.15, 0.2) is 60.7 Å². The number of aliphatic hydroxyl groups is 1. The molecule has 0 spiro atoms. The van der Waals surface area contributed by atoms with Crippen LogP contribution in [0.25, 0.3) is 0 Å². The third-order valence-corrected chi connectivity index (χ3v) is 3.30. The second kappa shape index (κ2) is 8.22. The number of benzene rings is 2. The highest BCUT2D eigenvalue weighted by atomic mass is 16.5. The van der Waals surface area contributed by atoms with Crippen LogP contribution in [0.5, 0.6) is 0 Å². The number of carbonyl (C=O) groups is 1. The van der Waals surface area contributed by atoms with Gasteiger partial charge in [-0.15, -0.1) is 0 Å². The third kappa shape index (κ3) is 5.04. The molecule has 0 unspecified atom stereocenters. The minimum absolute atomic E-state index is 0.00841. The summed E-state index contributed by atoms with van der Waals surface area (Å²) in [6, 6.07) is 19.4. The van der Waals surface area contributed by atoms with Gasteiger partial charge in [-0.05, 0) is 17.5 Å². The van der Waals surface area contributed by atoms with Gasteiger partial charge in [0.05, 0.1) is 0 Å². The van der Waals surface area contributed by atoms with Crippen molar-refractivity contribution >= 4 is 5.97 Å². The van der Waals surface area contributed by atoms with E-state index in [1.54, 1.807) is 0 Å². The molecule has 2 aromatic carbocycles. The lowest BCUT2D eigenvalue weighted by molar-refractivity contribution is -0.150. The van der Waals surface area contributed by atoms with Crippen molar-refractivity contribution in [2.75, 3.05) is 6.61 Å². The van der Waals surface area contributed by atoms with Crippen LogP contribution < -0.4 is 0 Å². The van der Waals surface area contributed by atoms with Crippen molar-refractivity contribution in [1.82, 2.24) is 0 Å². The van der Waals surface area contributed by atoms with Gasteiger partial charge in [0.25, 0.3) is 0 Å². The number of esters is 1. The molecule has 0 bridgehead atoms. The van der Waals surface area contributed by atoms with Crippen LogP contribution in [-0.2, 0) is 16.0 Å². The monoisotopic (exact) mass is 284 g/mol. The van der Waals surface area contributed by atoms with Gasteiger partial charge in [0.2, 0.25) is 0 Å². The van der Waals surface area contributed by atoms with Crippen molar-refractivity contribution in [3.05, 3.63) is 71.8 Å². The first kappa shape index (κ1) is 15.3.